The molecule has 0 rings (SSSR count). The number of hydrogen-bond donors (Lipinski definition) is 1. The first-order chi connectivity index (χ1) is 50.0. The molecule has 0 aliphatic heterocycles. The third-order valence-corrected chi connectivity index (χ3v) is 19.7. The van der Waals surface area contributed by atoms with E-state index in [0.29, 0.717) is 17.4 Å². The molecule has 102 heavy (non-hydrogen) atoms. The summed E-state index contributed by atoms with van der Waals surface area (Å²) < 4.78 is 34.8. The molecule has 0 aromatic heterocycles. The van der Waals surface area contributed by atoms with Gasteiger partial charge in [-0.05, 0) is 96.3 Å². The molecule has 588 valence electrons. The van der Waals surface area contributed by atoms with Crippen LogP contribution in [0.5, 0.6) is 0 Å². The van der Waals surface area contributed by atoms with Gasteiger partial charge in [-0.25, -0.2) is 4.57 Å². The van der Waals surface area contributed by atoms with E-state index in [1.807, 2.05) is 21.1 Å². The van der Waals surface area contributed by atoms with Crippen LogP contribution in [0, 0.1) is 0 Å². The Morgan fingerprint density at radius 3 is 0.833 bits per heavy atom. The molecule has 0 saturated heterocycles. The number of nitrogens with zero attached hydrogens (tertiary/aromatic N) is 1. The maximum atomic E-state index is 12.9. The predicted octanol–water partition coefficient (Wildman–Crippen LogP) is 29.1. The molecule has 10 heteroatoms. The van der Waals surface area contributed by atoms with Gasteiger partial charge in [0.1, 0.15) is 19.8 Å². The van der Waals surface area contributed by atoms with Gasteiger partial charge in [0.15, 0.2) is 6.10 Å². The molecule has 0 aliphatic rings. The van der Waals surface area contributed by atoms with Crippen LogP contribution in [-0.2, 0) is 32.7 Å². The minimum Gasteiger partial charge on any atom is -0.462 e. The van der Waals surface area contributed by atoms with Crippen molar-refractivity contribution in [2.45, 2.75) is 392 Å². The van der Waals surface area contributed by atoms with Crippen LogP contribution in [0.4, 0.5) is 0 Å². The largest absolute Gasteiger partial charge is 0.472 e. The molecular formula is C92H163NO8P+. The van der Waals surface area contributed by atoms with Crippen LogP contribution in [0.2, 0.25) is 0 Å². The van der Waals surface area contributed by atoms with Gasteiger partial charge >= 0.3 is 19.8 Å². The average Bonchev–Trinajstić information content (AvgIpc) is 0.914. The van der Waals surface area contributed by atoms with Gasteiger partial charge < -0.3 is 18.9 Å². The van der Waals surface area contributed by atoms with E-state index in [4.69, 9.17) is 18.5 Å². The Morgan fingerprint density at radius 2 is 0.559 bits per heavy atom. The molecule has 2 unspecified atom stereocenters. The van der Waals surface area contributed by atoms with Gasteiger partial charge in [0.25, 0.3) is 0 Å². The lowest BCUT2D eigenvalue weighted by molar-refractivity contribution is -0.870. The highest BCUT2D eigenvalue weighted by atomic mass is 31.2. The van der Waals surface area contributed by atoms with Gasteiger partial charge in [-0.3, -0.25) is 18.6 Å². The summed E-state index contributed by atoms with van der Waals surface area (Å²) in [6.45, 7) is 4.34. The van der Waals surface area contributed by atoms with Crippen molar-refractivity contribution in [2.75, 3.05) is 47.5 Å². The predicted molar refractivity (Wildman–Crippen MR) is 445 cm³/mol. The summed E-state index contributed by atoms with van der Waals surface area (Å²) in [4.78, 5) is 36.0. The molecule has 0 aromatic rings. The first kappa shape index (κ1) is 98.2. The SMILES string of the molecule is CC/C=C\C/C=C\C/C=C\C/C=C\C/C=C\C/C=C\C/C=C\C/C=C\C/C=C\C/C=C\C/C=C\CCCCCCCC(=O)OC(COC(=O)CCCCCCCCCCCCCCCCCCCCCCCCCCCCCCCCCCCCCCCCC)COP(=O)(O)OCC[N+](C)(C)C. The fourth-order valence-electron chi connectivity index (χ4n) is 12.2. The van der Waals surface area contributed by atoms with Crippen molar-refractivity contribution < 1.29 is 42.1 Å². The molecule has 0 bridgehead atoms. The number of allylic oxidation sites excluding steroid dienone is 22. The molecular weight excluding hydrogens is 1280 g/mol. The second kappa shape index (κ2) is 81.2. The monoisotopic (exact) mass is 1440 g/mol. The molecule has 1 N–H and O–H groups in total. The molecule has 0 radical (unpaired) electrons. The minimum atomic E-state index is -4.41. The Morgan fingerprint density at radius 1 is 0.314 bits per heavy atom. The number of carbonyl (C=O) groups excluding carboxylic acids is 2. The maximum absolute atomic E-state index is 12.9. The number of carbonyl (C=O) groups is 2. The molecule has 0 spiro atoms. The molecule has 0 aliphatic carbocycles. The summed E-state index contributed by atoms with van der Waals surface area (Å²) in [6, 6.07) is 0. The third kappa shape index (κ3) is 85.1. The Balaban J connectivity index is 4.00. The fraction of sp³-hybridized carbons (Fsp3) is 0.739. The van der Waals surface area contributed by atoms with E-state index in [9.17, 15) is 19.0 Å². The topological polar surface area (TPSA) is 108 Å². The van der Waals surface area contributed by atoms with Crippen LogP contribution in [-0.4, -0.2) is 74.9 Å². The number of rotatable bonds is 79. The third-order valence-electron chi connectivity index (χ3n) is 18.7. The lowest BCUT2D eigenvalue weighted by Crippen LogP contribution is -2.37. The van der Waals surface area contributed by atoms with Crippen LogP contribution in [0.1, 0.15) is 386 Å². The number of phosphoric ester groups is 1. The second-order valence-electron chi connectivity index (χ2n) is 29.8. The van der Waals surface area contributed by atoms with E-state index in [2.05, 4.69) is 148 Å². The Labute approximate surface area is 631 Å². The highest BCUT2D eigenvalue weighted by Gasteiger charge is 2.27. The first-order valence-corrected chi connectivity index (χ1v) is 44.4. The number of unbranched alkanes of at least 4 members (excludes halogenated alkanes) is 43. The van der Waals surface area contributed by atoms with E-state index in [-0.39, 0.29) is 32.0 Å². The summed E-state index contributed by atoms with van der Waals surface area (Å²) in [6.07, 6.45) is 119. The van der Waals surface area contributed by atoms with Crippen LogP contribution >= 0.6 is 7.82 Å². The van der Waals surface area contributed by atoms with Gasteiger partial charge in [0.2, 0.25) is 0 Å². The molecule has 0 aromatic carbocycles. The van der Waals surface area contributed by atoms with E-state index in [0.717, 1.165) is 122 Å². The Bertz CT molecular complexity index is 2190. The summed E-state index contributed by atoms with van der Waals surface area (Å²) in [5, 5.41) is 0. The van der Waals surface area contributed by atoms with Crippen molar-refractivity contribution in [2.24, 2.45) is 0 Å². The van der Waals surface area contributed by atoms with E-state index in [1.54, 1.807) is 0 Å². The summed E-state index contributed by atoms with van der Waals surface area (Å²) >= 11 is 0. The summed E-state index contributed by atoms with van der Waals surface area (Å²) in [7, 11) is 1.46. The van der Waals surface area contributed by atoms with Crippen molar-refractivity contribution >= 4 is 19.8 Å². The molecule has 9 nitrogen and oxygen atoms in total. The van der Waals surface area contributed by atoms with E-state index >= 15 is 0 Å². The minimum absolute atomic E-state index is 0.0228. The van der Waals surface area contributed by atoms with Crippen LogP contribution < -0.4 is 0 Å². The highest BCUT2D eigenvalue weighted by molar-refractivity contribution is 7.47. The number of esters is 2. The number of phosphoric acid groups is 1. The van der Waals surface area contributed by atoms with E-state index < -0.39 is 26.5 Å². The van der Waals surface area contributed by atoms with Gasteiger partial charge in [0, 0.05) is 12.8 Å². The zero-order chi connectivity index (χ0) is 74.0. The van der Waals surface area contributed by atoms with Crippen LogP contribution in [0.3, 0.4) is 0 Å². The number of likely N-dealkylation sites (N-methyl/N-ethyl adjacent to an activating group) is 1. The van der Waals surface area contributed by atoms with Crippen molar-refractivity contribution in [3.63, 3.8) is 0 Å². The number of ether oxygens (including phenoxy) is 2. The zero-order valence-electron chi connectivity index (χ0n) is 67.3. The average molecular weight is 1440 g/mol. The van der Waals surface area contributed by atoms with Crippen LogP contribution in [0.25, 0.3) is 0 Å². The quantitative estimate of drug-likeness (QED) is 0.0211. The maximum Gasteiger partial charge on any atom is 0.472 e. The van der Waals surface area contributed by atoms with Crippen molar-refractivity contribution in [1.82, 2.24) is 0 Å². The Hall–Kier alpha value is -3.85. The molecule has 0 heterocycles. The molecule has 0 fully saturated rings. The first-order valence-electron chi connectivity index (χ1n) is 42.9. The summed E-state index contributed by atoms with van der Waals surface area (Å²) in [5.74, 6) is -0.813. The van der Waals surface area contributed by atoms with Crippen LogP contribution in [0.15, 0.2) is 134 Å². The lowest BCUT2D eigenvalue weighted by Gasteiger charge is -2.24. The van der Waals surface area contributed by atoms with Crippen molar-refractivity contribution in [3.8, 4) is 0 Å². The lowest BCUT2D eigenvalue weighted by atomic mass is 10.0. The standard InChI is InChI=1S/C92H162NO8P/c1-6-8-10-12-14-16-18-20-22-24-26-28-30-32-34-36-38-40-42-44-46-48-50-52-54-56-58-60-62-64-66-68-70-72-74-76-78-80-82-84-91(94)98-88-90(89-100-102(96,97)99-87-86-93(3,4)5)101-92(95)85-83-81-79-77-75-73-71-69-67-65-63-61-59-57-55-53-51-49-47-45-43-41-39-37-35-33-31-29-27-25-23-21-19-17-15-13-11-9-7-2/h9,11,15,17,21,23,27,29,33,35,39,41,45,47,51,53,57,59,63,65,69,71,90H,6-8,10,12-14,16,18-20,22,24-26,28,30-32,34,36-38,40,42-44,46,48-50,52,54-56,58,60-62,64,66-68,70,72-89H2,1-5H3/p+1/b11-9-,17-15-,23-21-,29-27-,35-33-,41-39-,47-45-,53-51-,59-57-,65-63-,71-69-. The normalized spacial score (nSPS) is 13.7. The van der Waals surface area contributed by atoms with Crippen molar-refractivity contribution in [3.05, 3.63) is 134 Å². The number of quaternary nitrogens is 1. The van der Waals surface area contributed by atoms with Gasteiger partial charge in [0.05, 0.1) is 27.7 Å². The van der Waals surface area contributed by atoms with Crippen molar-refractivity contribution in [1.29, 1.82) is 0 Å². The summed E-state index contributed by atoms with van der Waals surface area (Å²) in [5.41, 5.74) is 0. The zero-order valence-corrected chi connectivity index (χ0v) is 68.2. The van der Waals surface area contributed by atoms with Gasteiger partial charge in [-0.1, -0.05) is 411 Å². The van der Waals surface area contributed by atoms with Gasteiger partial charge in [-0.15, -0.1) is 0 Å². The smallest absolute Gasteiger partial charge is 0.462 e. The molecule has 0 amide bonds. The molecule has 2 atom stereocenters. The fourth-order valence-corrected chi connectivity index (χ4v) is 12.9. The highest BCUT2D eigenvalue weighted by Crippen LogP contribution is 2.43. The second-order valence-corrected chi connectivity index (χ2v) is 31.3. The molecule has 0 saturated carbocycles. The number of hydrogen-bond acceptors (Lipinski definition) is 7. The van der Waals surface area contributed by atoms with Gasteiger partial charge in [-0.2, -0.15) is 0 Å². The van der Waals surface area contributed by atoms with E-state index in [1.165, 1.54) is 231 Å². The Kier molecular flexibility index (Phi) is 78.2.